The first-order valence-corrected chi connectivity index (χ1v) is 11.2. The van der Waals surface area contributed by atoms with Crippen LogP contribution in [-0.4, -0.2) is 44.8 Å². The Labute approximate surface area is 175 Å². The van der Waals surface area contributed by atoms with Crippen LogP contribution in [0.3, 0.4) is 0 Å². The van der Waals surface area contributed by atoms with Crippen LogP contribution in [-0.2, 0) is 14.8 Å². The maximum Gasteiger partial charge on any atom is 0.243 e. The summed E-state index contributed by atoms with van der Waals surface area (Å²) in [4.78, 5) is 12.7. The zero-order chi connectivity index (χ0) is 20.2. The lowest BCUT2D eigenvalue weighted by atomic mass is 9.97. The number of rotatable bonds is 7. The van der Waals surface area contributed by atoms with Gasteiger partial charge in [-0.05, 0) is 82.2 Å². The Morgan fingerprint density at radius 1 is 1.11 bits per heavy atom. The quantitative estimate of drug-likeness (QED) is 0.649. The minimum atomic E-state index is -3.55. The molecule has 1 fully saturated rings. The van der Waals surface area contributed by atoms with Gasteiger partial charge in [0, 0.05) is 25.6 Å². The lowest BCUT2D eigenvalue weighted by molar-refractivity contribution is -0.126. The second kappa shape index (κ2) is 10.6. The highest BCUT2D eigenvalue weighted by Gasteiger charge is 2.34. The largest absolute Gasteiger partial charge is 0.356 e. The predicted octanol–water partition coefficient (Wildman–Crippen LogP) is 2.60. The van der Waals surface area contributed by atoms with Crippen LogP contribution in [0, 0.1) is 33.6 Å². The third kappa shape index (κ3) is 5.47. The lowest BCUT2D eigenvalue weighted by Crippen LogP contribution is -2.43. The predicted molar refractivity (Wildman–Crippen MR) is 115 cm³/mol. The molecule has 1 aromatic carbocycles. The summed E-state index contributed by atoms with van der Waals surface area (Å²) < 4.78 is 28.1. The van der Waals surface area contributed by atoms with Crippen molar-refractivity contribution in [2.75, 3.05) is 26.2 Å². The average Bonchev–Trinajstić information content (AvgIpc) is 2.63. The summed E-state index contributed by atoms with van der Waals surface area (Å²) >= 11 is 0. The van der Waals surface area contributed by atoms with E-state index in [0.717, 1.165) is 35.1 Å². The van der Waals surface area contributed by atoms with Gasteiger partial charge in [-0.2, -0.15) is 4.31 Å². The zero-order valence-corrected chi connectivity index (χ0v) is 19.0. The van der Waals surface area contributed by atoms with E-state index in [1.54, 1.807) is 4.31 Å². The van der Waals surface area contributed by atoms with Crippen molar-refractivity contribution in [3.63, 3.8) is 0 Å². The Hall–Kier alpha value is -1.15. The van der Waals surface area contributed by atoms with E-state index >= 15 is 0 Å². The molecule has 1 saturated heterocycles. The molecular formula is C20H34ClN3O3S. The number of nitrogens with zero attached hydrogens (tertiary/aromatic N) is 1. The molecule has 0 aliphatic carbocycles. The average molecular weight is 432 g/mol. The Balaban J connectivity index is 0.00000392. The van der Waals surface area contributed by atoms with Crippen molar-refractivity contribution in [2.45, 2.75) is 58.3 Å². The number of hydrogen-bond donors (Lipinski definition) is 2. The van der Waals surface area contributed by atoms with Crippen molar-refractivity contribution in [1.82, 2.24) is 9.62 Å². The van der Waals surface area contributed by atoms with E-state index < -0.39 is 10.0 Å². The molecule has 0 spiro atoms. The number of carbonyl (C=O) groups excluding carboxylic acids is 1. The Morgan fingerprint density at radius 3 is 2.14 bits per heavy atom. The fourth-order valence-corrected chi connectivity index (χ4v) is 5.73. The summed E-state index contributed by atoms with van der Waals surface area (Å²) in [5.74, 6) is -0.0846. The smallest absolute Gasteiger partial charge is 0.243 e. The molecule has 1 amide bonds. The zero-order valence-electron chi connectivity index (χ0n) is 17.4. The minimum absolute atomic E-state index is 0. The molecule has 0 aromatic heterocycles. The van der Waals surface area contributed by atoms with Crippen LogP contribution in [0.2, 0.25) is 0 Å². The maximum atomic E-state index is 13.3. The van der Waals surface area contributed by atoms with Gasteiger partial charge in [0.1, 0.15) is 0 Å². The summed E-state index contributed by atoms with van der Waals surface area (Å²) in [6.07, 6.45) is 2.89. The topological polar surface area (TPSA) is 92.5 Å². The second-order valence-electron chi connectivity index (χ2n) is 7.55. The van der Waals surface area contributed by atoms with E-state index in [2.05, 4.69) is 5.32 Å². The highest BCUT2D eigenvalue weighted by molar-refractivity contribution is 7.89. The van der Waals surface area contributed by atoms with Crippen molar-refractivity contribution >= 4 is 28.3 Å². The van der Waals surface area contributed by atoms with Crippen molar-refractivity contribution in [2.24, 2.45) is 11.7 Å². The SMILES string of the molecule is Cc1cc(C)c(C)c(S(=O)(=O)N2CCC(C(=O)NCCCCN)CC2)c1C.Cl. The van der Waals surface area contributed by atoms with Crippen LogP contribution in [0.25, 0.3) is 0 Å². The normalized spacial score (nSPS) is 15.9. The van der Waals surface area contributed by atoms with Crippen molar-refractivity contribution < 1.29 is 13.2 Å². The summed E-state index contributed by atoms with van der Waals surface area (Å²) in [6.45, 7) is 9.67. The molecule has 0 unspecified atom stereocenters. The second-order valence-corrected chi connectivity index (χ2v) is 9.43. The van der Waals surface area contributed by atoms with Crippen LogP contribution >= 0.6 is 12.4 Å². The highest BCUT2D eigenvalue weighted by Crippen LogP contribution is 2.31. The van der Waals surface area contributed by atoms with Gasteiger partial charge >= 0.3 is 0 Å². The first kappa shape index (κ1) is 24.9. The number of amides is 1. The summed E-state index contributed by atoms with van der Waals surface area (Å²) in [5, 5.41) is 2.94. The van der Waals surface area contributed by atoms with Crippen LogP contribution in [0.1, 0.15) is 47.9 Å². The molecule has 6 nitrogen and oxygen atoms in total. The Morgan fingerprint density at radius 2 is 1.64 bits per heavy atom. The van der Waals surface area contributed by atoms with Crippen molar-refractivity contribution in [3.05, 3.63) is 28.3 Å². The fraction of sp³-hybridized carbons (Fsp3) is 0.650. The molecule has 2 rings (SSSR count). The molecule has 1 aliphatic heterocycles. The van der Waals surface area contributed by atoms with E-state index in [9.17, 15) is 13.2 Å². The molecule has 3 N–H and O–H groups in total. The van der Waals surface area contributed by atoms with Gasteiger partial charge in [-0.1, -0.05) is 6.07 Å². The summed E-state index contributed by atoms with van der Waals surface area (Å²) in [6, 6.07) is 2.03. The molecule has 0 bridgehead atoms. The summed E-state index contributed by atoms with van der Waals surface area (Å²) in [5.41, 5.74) is 9.07. The van der Waals surface area contributed by atoms with Gasteiger partial charge < -0.3 is 11.1 Å². The Kier molecular flexibility index (Phi) is 9.40. The van der Waals surface area contributed by atoms with Crippen LogP contribution in [0.15, 0.2) is 11.0 Å². The molecule has 160 valence electrons. The summed E-state index contributed by atoms with van der Waals surface area (Å²) in [7, 11) is -3.55. The number of hydrogen-bond acceptors (Lipinski definition) is 4. The van der Waals surface area contributed by atoms with Crippen LogP contribution in [0.4, 0.5) is 0 Å². The number of benzene rings is 1. The molecule has 0 atom stereocenters. The number of carbonyl (C=O) groups is 1. The standard InChI is InChI=1S/C20H33N3O3S.ClH/c1-14-13-15(2)17(4)19(16(14)3)27(25,26)23-11-7-18(8-12-23)20(24)22-10-6-5-9-21;/h13,18H,5-12,21H2,1-4H3,(H,22,24);1H. The van der Waals surface area contributed by atoms with Gasteiger partial charge in [0.05, 0.1) is 4.90 Å². The number of nitrogens with one attached hydrogen (secondary N) is 1. The van der Waals surface area contributed by atoms with Crippen LogP contribution < -0.4 is 11.1 Å². The number of aryl methyl sites for hydroxylation is 2. The van der Waals surface area contributed by atoms with Crippen LogP contribution in [0.5, 0.6) is 0 Å². The first-order valence-electron chi connectivity index (χ1n) is 9.75. The number of piperidine rings is 1. The van der Waals surface area contributed by atoms with E-state index in [4.69, 9.17) is 5.73 Å². The lowest BCUT2D eigenvalue weighted by Gasteiger charge is -2.31. The third-order valence-corrected chi connectivity index (χ3v) is 7.82. The molecular weight excluding hydrogens is 398 g/mol. The Bertz CT molecular complexity index is 762. The third-order valence-electron chi connectivity index (χ3n) is 5.65. The molecule has 1 aromatic rings. The minimum Gasteiger partial charge on any atom is -0.356 e. The molecule has 1 heterocycles. The van der Waals surface area contributed by atoms with E-state index in [1.807, 2.05) is 33.8 Å². The van der Waals surface area contributed by atoms with E-state index in [1.165, 1.54) is 0 Å². The van der Waals surface area contributed by atoms with Gasteiger partial charge in [-0.3, -0.25) is 4.79 Å². The van der Waals surface area contributed by atoms with E-state index in [-0.39, 0.29) is 24.2 Å². The van der Waals surface area contributed by atoms with Gasteiger partial charge in [0.2, 0.25) is 15.9 Å². The molecule has 1 aliphatic rings. The number of nitrogens with two attached hydrogens (primary N) is 1. The molecule has 0 saturated carbocycles. The van der Waals surface area contributed by atoms with Gasteiger partial charge in [0.25, 0.3) is 0 Å². The molecule has 8 heteroatoms. The molecule has 28 heavy (non-hydrogen) atoms. The van der Waals surface area contributed by atoms with Gasteiger partial charge in [-0.15, -0.1) is 12.4 Å². The highest BCUT2D eigenvalue weighted by atomic mass is 35.5. The monoisotopic (exact) mass is 431 g/mol. The van der Waals surface area contributed by atoms with Gasteiger partial charge in [-0.25, -0.2) is 8.42 Å². The molecule has 0 radical (unpaired) electrons. The first-order chi connectivity index (χ1) is 12.7. The van der Waals surface area contributed by atoms with Crippen molar-refractivity contribution in [3.8, 4) is 0 Å². The number of sulfonamides is 1. The van der Waals surface area contributed by atoms with Gasteiger partial charge in [0.15, 0.2) is 0 Å². The number of halogens is 1. The van der Waals surface area contributed by atoms with Crippen molar-refractivity contribution in [1.29, 1.82) is 0 Å². The fourth-order valence-electron chi connectivity index (χ4n) is 3.68. The maximum absolute atomic E-state index is 13.3. The van der Waals surface area contributed by atoms with E-state index in [0.29, 0.717) is 43.9 Å². The number of unbranched alkanes of at least 4 members (excludes halogenated alkanes) is 1.